The highest BCUT2D eigenvalue weighted by atomic mass is 16.5. The molecule has 1 saturated heterocycles. The second-order valence-electron chi connectivity index (χ2n) is 6.05. The van der Waals surface area contributed by atoms with Gasteiger partial charge >= 0.3 is 0 Å². The number of nitrogens with zero attached hydrogens (tertiary/aromatic N) is 4. The Morgan fingerprint density at radius 2 is 1.76 bits per heavy atom. The van der Waals surface area contributed by atoms with Crippen LogP contribution < -0.4 is 10.5 Å². The van der Waals surface area contributed by atoms with Crippen LogP contribution >= 0.6 is 0 Å². The molecule has 0 amide bonds. The molecule has 0 aromatic carbocycles. The van der Waals surface area contributed by atoms with Crippen molar-refractivity contribution in [3.05, 3.63) is 11.3 Å². The van der Waals surface area contributed by atoms with Crippen LogP contribution in [0.3, 0.4) is 0 Å². The number of methoxy groups -OCH3 is 1. The van der Waals surface area contributed by atoms with Crippen LogP contribution in [0, 0.1) is 6.92 Å². The van der Waals surface area contributed by atoms with Crippen molar-refractivity contribution in [3.63, 3.8) is 0 Å². The maximum absolute atomic E-state index is 6.08. The first kappa shape index (κ1) is 16.3. The SMILES string of the molecule is COc1c(C(CN)N2CCN(C(C)C)CC2)c(C)nn1C. The molecule has 1 unspecified atom stereocenters. The third-order valence-electron chi connectivity index (χ3n) is 4.48. The van der Waals surface area contributed by atoms with Crippen LogP contribution in [-0.2, 0) is 7.05 Å². The summed E-state index contributed by atoms with van der Waals surface area (Å²) in [5, 5.41) is 4.49. The standard InChI is InChI=1S/C15H29N5O/c1-11(2)19-6-8-20(9-7-19)13(10-16)14-12(3)17-18(4)15(14)21-5/h11,13H,6-10,16H2,1-5H3. The average molecular weight is 295 g/mol. The third-order valence-corrected chi connectivity index (χ3v) is 4.48. The number of piperazine rings is 1. The van der Waals surface area contributed by atoms with E-state index in [0.29, 0.717) is 12.6 Å². The molecule has 1 aliphatic heterocycles. The molecule has 6 nitrogen and oxygen atoms in total. The number of nitrogens with two attached hydrogens (primary N) is 1. The lowest BCUT2D eigenvalue weighted by atomic mass is 10.0. The van der Waals surface area contributed by atoms with E-state index in [4.69, 9.17) is 10.5 Å². The zero-order valence-electron chi connectivity index (χ0n) is 14.0. The zero-order valence-corrected chi connectivity index (χ0v) is 14.0. The molecule has 0 spiro atoms. The minimum Gasteiger partial charge on any atom is -0.481 e. The summed E-state index contributed by atoms with van der Waals surface area (Å²) in [6.07, 6.45) is 0. The Balaban J connectivity index is 2.18. The van der Waals surface area contributed by atoms with Gasteiger partial charge in [-0.05, 0) is 20.8 Å². The monoisotopic (exact) mass is 295 g/mol. The number of hydrogen-bond acceptors (Lipinski definition) is 5. The summed E-state index contributed by atoms with van der Waals surface area (Å²) in [6, 6.07) is 0.793. The predicted molar refractivity (Wildman–Crippen MR) is 84.6 cm³/mol. The lowest BCUT2D eigenvalue weighted by molar-refractivity contribution is 0.0791. The van der Waals surface area contributed by atoms with Gasteiger partial charge in [0.25, 0.3) is 0 Å². The van der Waals surface area contributed by atoms with Gasteiger partial charge in [0, 0.05) is 45.8 Å². The van der Waals surface area contributed by atoms with Gasteiger partial charge < -0.3 is 10.5 Å². The third kappa shape index (κ3) is 3.22. The molecule has 1 aliphatic rings. The van der Waals surface area contributed by atoms with Crippen LogP contribution in [0.25, 0.3) is 0 Å². The topological polar surface area (TPSA) is 59.6 Å². The van der Waals surface area contributed by atoms with Gasteiger partial charge in [-0.15, -0.1) is 0 Å². The molecule has 1 aromatic heterocycles. The van der Waals surface area contributed by atoms with Crippen molar-refractivity contribution >= 4 is 0 Å². The molecule has 2 rings (SSSR count). The smallest absolute Gasteiger partial charge is 0.216 e. The van der Waals surface area contributed by atoms with E-state index in [0.717, 1.165) is 43.3 Å². The van der Waals surface area contributed by atoms with Gasteiger partial charge in [0.05, 0.1) is 24.4 Å². The van der Waals surface area contributed by atoms with Crippen LogP contribution in [0.1, 0.15) is 31.1 Å². The number of hydrogen-bond donors (Lipinski definition) is 1. The average Bonchev–Trinajstić information content (AvgIpc) is 2.74. The van der Waals surface area contributed by atoms with E-state index in [9.17, 15) is 0 Å². The molecule has 1 fully saturated rings. The number of aromatic nitrogens is 2. The second kappa shape index (κ2) is 6.77. The normalized spacial score (nSPS) is 19.2. The van der Waals surface area contributed by atoms with E-state index in [2.05, 4.69) is 28.7 Å². The number of rotatable bonds is 5. The molecule has 120 valence electrons. The van der Waals surface area contributed by atoms with E-state index >= 15 is 0 Å². The maximum Gasteiger partial charge on any atom is 0.216 e. The molecule has 6 heteroatoms. The van der Waals surface area contributed by atoms with Crippen molar-refractivity contribution in [2.75, 3.05) is 39.8 Å². The fourth-order valence-corrected chi connectivity index (χ4v) is 3.29. The molecule has 0 bridgehead atoms. The highest BCUT2D eigenvalue weighted by Crippen LogP contribution is 2.32. The largest absolute Gasteiger partial charge is 0.481 e. The van der Waals surface area contributed by atoms with Gasteiger partial charge in [-0.1, -0.05) is 0 Å². The quantitative estimate of drug-likeness (QED) is 0.869. The van der Waals surface area contributed by atoms with Gasteiger partial charge in [0.1, 0.15) is 0 Å². The highest BCUT2D eigenvalue weighted by Gasteiger charge is 2.30. The molecule has 21 heavy (non-hydrogen) atoms. The van der Waals surface area contributed by atoms with Crippen molar-refractivity contribution in [1.29, 1.82) is 0 Å². The Morgan fingerprint density at radius 3 is 2.24 bits per heavy atom. The first-order chi connectivity index (χ1) is 9.99. The predicted octanol–water partition coefficient (Wildman–Crippen LogP) is 0.763. The number of aryl methyl sites for hydroxylation is 2. The Hall–Kier alpha value is -1.11. The first-order valence-electron chi connectivity index (χ1n) is 7.75. The minimum atomic E-state index is 0.183. The highest BCUT2D eigenvalue weighted by molar-refractivity contribution is 5.34. The molecule has 0 aliphatic carbocycles. The molecular weight excluding hydrogens is 266 g/mol. The molecule has 2 heterocycles. The van der Waals surface area contributed by atoms with E-state index in [-0.39, 0.29) is 6.04 Å². The molecule has 0 radical (unpaired) electrons. The Kier molecular flexibility index (Phi) is 5.24. The summed E-state index contributed by atoms with van der Waals surface area (Å²) in [4.78, 5) is 4.98. The van der Waals surface area contributed by atoms with Crippen LogP contribution in [0.2, 0.25) is 0 Å². The summed E-state index contributed by atoms with van der Waals surface area (Å²) < 4.78 is 7.34. The molecule has 1 aromatic rings. The van der Waals surface area contributed by atoms with Gasteiger partial charge in [-0.25, -0.2) is 4.68 Å². The zero-order chi connectivity index (χ0) is 15.6. The first-order valence-corrected chi connectivity index (χ1v) is 7.75. The van der Waals surface area contributed by atoms with Crippen LogP contribution in [0.4, 0.5) is 0 Å². The van der Waals surface area contributed by atoms with Crippen molar-refractivity contribution in [3.8, 4) is 5.88 Å². The fourth-order valence-electron chi connectivity index (χ4n) is 3.29. The van der Waals surface area contributed by atoms with Crippen LogP contribution in [0.15, 0.2) is 0 Å². The summed E-state index contributed by atoms with van der Waals surface area (Å²) in [5.41, 5.74) is 8.23. The Bertz CT molecular complexity index is 463. The van der Waals surface area contributed by atoms with Gasteiger partial charge in [0.15, 0.2) is 0 Å². The van der Waals surface area contributed by atoms with E-state index in [1.54, 1.807) is 11.8 Å². The lowest BCUT2D eigenvalue weighted by Gasteiger charge is -2.40. The Morgan fingerprint density at radius 1 is 1.19 bits per heavy atom. The lowest BCUT2D eigenvalue weighted by Crippen LogP contribution is -2.51. The van der Waals surface area contributed by atoms with Crippen molar-refractivity contribution in [2.24, 2.45) is 12.8 Å². The van der Waals surface area contributed by atoms with Crippen molar-refractivity contribution in [2.45, 2.75) is 32.9 Å². The summed E-state index contributed by atoms with van der Waals surface area (Å²) >= 11 is 0. The molecule has 0 saturated carbocycles. The van der Waals surface area contributed by atoms with Gasteiger partial charge in [-0.2, -0.15) is 5.10 Å². The van der Waals surface area contributed by atoms with Crippen LogP contribution in [0.5, 0.6) is 5.88 Å². The van der Waals surface area contributed by atoms with Gasteiger partial charge in [-0.3, -0.25) is 9.80 Å². The summed E-state index contributed by atoms with van der Waals surface area (Å²) in [5.74, 6) is 0.828. The molecular formula is C15H29N5O. The Labute approximate surface area is 127 Å². The van der Waals surface area contributed by atoms with E-state index in [1.807, 2.05) is 14.0 Å². The molecule has 1 atom stereocenters. The van der Waals surface area contributed by atoms with Crippen molar-refractivity contribution < 1.29 is 4.74 Å². The fraction of sp³-hybridized carbons (Fsp3) is 0.800. The van der Waals surface area contributed by atoms with Crippen LogP contribution in [-0.4, -0.2) is 65.5 Å². The van der Waals surface area contributed by atoms with E-state index in [1.165, 1.54) is 0 Å². The minimum absolute atomic E-state index is 0.183. The number of ether oxygens (including phenoxy) is 1. The van der Waals surface area contributed by atoms with Gasteiger partial charge in [0.2, 0.25) is 5.88 Å². The molecule has 2 N–H and O–H groups in total. The maximum atomic E-state index is 6.08. The van der Waals surface area contributed by atoms with Crippen molar-refractivity contribution in [1.82, 2.24) is 19.6 Å². The summed E-state index contributed by atoms with van der Waals surface area (Å²) in [7, 11) is 3.61. The van der Waals surface area contributed by atoms with E-state index < -0.39 is 0 Å². The second-order valence-corrected chi connectivity index (χ2v) is 6.05. The summed E-state index contributed by atoms with van der Waals surface area (Å²) in [6.45, 7) is 11.4.